The van der Waals surface area contributed by atoms with Crippen molar-refractivity contribution >= 4 is 29.4 Å². The van der Waals surface area contributed by atoms with Gasteiger partial charge in [-0.3, -0.25) is 4.79 Å². The van der Waals surface area contributed by atoms with Gasteiger partial charge < -0.3 is 20.3 Å². The van der Waals surface area contributed by atoms with E-state index in [-0.39, 0.29) is 17.9 Å². The van der Waals surface area contributed by atoms with Crippen LogP contribution < -0.4 is 15.5 Å². The van der Waals surface area contributed by atoms with Gasteiger partial charge in [0.15, 0.2) is 0 Å². The SMILES string of the molecule is CC(C)N(CC(N)=O)c1nc(Cl)nc(N2CCOCC2)n1. The molecule has 1 fully saturated rings. The maximum absolute atomic E-state index is 11.2. The first kappa shape index (κ1) is 15.7. The lowest BCUT2D eigenvalue weighted by molar-refractivity contribution is -0.116. The highest BCUT2D eigenvalue weighted by Crippen LogP contribution is 2.19. The van der Waals surface area contributed by atoms with Crippen molar-refractivity contribution < 1.29 is 9.53 Å². The molecule has 0 atom stereocenters. The Morgan fingerprint density at radius 3 is 2.62 bits per heavy atom. The molecule has 8 nitrogen and oxygen atoms in total. The summed E-state index contributed by atoms with van der Waals surface area (Å²) < 4.78 is 5.30. The molecule has 2 N–H and O–H groups in total. The van der Waals surface area contributed by atoms with E-state index in [1.54, 1.807) is 4.90 Å². The molecule has 0 saturated carbocycles. The Morgan fingerprint density at radius 1 is 1.38 bits per heavy atom. The number of carbonyl (C=O) groups excluding carboxylic acids is 1. The van der Waals surface area contributed by atoms with E-state index < -0.39 is 5.91 Å². The number of primary amides is 1. The second kappa shape index (κ2) is 6.86. The number of morpholine rings is 1. The zero-order valence-electron chi connectivity index (χ0n) is 12.1. The van der Waals surface area contributed by atoms with Crippen LogP contribution in [0.15, 0.2) is 0 Å². The number of nitrogens with zero attached hydrogens (tertiary/aromatic N) is 5. The number of nitrogens with two attached hydrogens (primary N) is 1. The van der Waals surface area contributed by atoms with Crippen molar-refractivity contribution in [2.75, 3.05) is 42.6 Å². The van der Waals surface area contributed by atoms with Gasteiger partial charge in [-0.15, -0.1) is 0 Å². The maximum Gasteiger partial charge on any atom is 0.237 e. The summed E-state index contributed by atoms with van der Waals surface area (Å²) in [6.07, 6.45) is 0. The molecular formula is C12H19ClN6O2. The summed E-state index contributed by atoms with van der Waals surface area (Å²) in [5.74, 6) is 0.391. The third kappa shape index (κ3) is 4.15. The fourth-order valence-corrected chi connectivity index (χ4v) is 2.17. The van der Waals surface area contributed by atoms with Crippen molar-refractivity contribution in [2.24, 2.45) is 5.73 Å². The Hall–Kier alpha value is -1.67. The number of amides is 1. The summed E-state index contributed by atoms with van der Waals surface area (Å²) in [7, 11) is 0. The molecule has 1 aliphatic rings. The van der Waals surface area contributed by atoms with Crippen LogP contribution in [-0.2, 0) is 9.53 Å². The molecule has 1 aromatic rings. The molecule has 2 heterocycles. The van der Waals surface area contributed by atoms with Crippen LogP contribution >= 0.6 is 11.6 Å². The number of anilines is 2. The third-order valence-corrected chi connectivity index (χ3v) is 3.25. The largest absolute Gasteiger partial charge is 0.378 e. The van der Waals surface area contributed by atoms with Gasteiger partial charge in [-0.1, -0.05) is 0 Å². The number of hydrogen-bond donors (Lipinski definition) is 1. The van der Waals surface area contributed by atoms with E-state index in [1.165, 1.54) is 0 Å². The van der Waals surface area contributed by atoms with E-state index in [9.17, 15) is 4.79 Å². The second-order valence-corrected chi connectivity index (χ2v) is 5.33. The molecule has 2 rings (SSSR count). The lowest BCUT2D eigenvalue weighted by Crippen LogP contribution is -2.41. The fraction of sp³-hybridized carbons (Fsp3) is 0.667. The zero-order chi connectivity index (χ0) is 15.4. The Kier molecular flexibility index (Phi) is 5.13. The second-order valence-electron chi connectivity index (χ2n) is 4.99. The summed E-state index contributed by atoms with van der Waals surface area (Å²) in [5.41, 5.74) is 5.28. The molecule has 1 amide bonds. The van der Waals surface area contributed by atoms with Crippen LogP contribution in [0.4, 0.5) is 11.9 Å². The number of hydrogen-bond acceptors (Lipinski definition) is 7. The van der Waals surface area contributed by atoms with Gasteiger partial charge in [-0.2, -0.15) is 15.0 Å². The van der Waals surface area contributed by atoms with E-state index >= 15 is 0 Å². The molecule has 116 valence electrons. The maximum atomic E-state index is 11.2. The van der Waals surface area contributed by atoms with Gasteiger partial charge in [0.05, 0.1) is 19.8 Å². The lowest BCUT2D eigenvalue weighted by Gasteiger charge is -2.29. The number of rotatable bonds is 5. The molecule has 0 radical (unpaired) electrons. The Morgan fingerprint density at radius 2 is 2.05 bits per heavy atom. The summed E-state index contributed by atoms with van der Waals surface area (Å²) >= 11 is 5.99. The normalized spacial score (nSPS) is 15.3. The number of carbonyl (C=O) groups is 1. The summed E-state index contributed by atoms with van der Waals surface area (Å²) in [6, 6.07) is 0.00788. The minimum atomic E-state index is -0.451. The van der Waals surface area contributed by atoms with Crippen LogP contribution in [-0.4, -0.2) is 59.7 Å². The van der Waals surface area contributed by atoms with Crippen molar-refractivity contribution in [1.82, 2.24) is 15.0 Å². The van der Waals surface area contributed by atoms with Crippen molar-refractivity contribution in [2.45, 2.75) is 19.9 Å². The fourth-order valence-electron chi connectivity index (χ4n) is 2.01. The predicted molar refractivity (Wildman–Crippen MR) is 79.5 cm³/mol. The standard InChI is InChI=1S/C12H19ClN6O2/c1-8(2)19(7-9(14)20)12-16-10(13)15-11(17-12)18-3-5-21-6-4-18/h8H,3-7H2,1-2H3,(H2,14,20). The van der Waals surface area contributed by atoms with Crippen LogP contribution in [0.5, 0.6) is 0 Å². The van der Waals surface area contributed by atoms with Gasteiger partial charge in [-0.25, -0.2) is 0 Å². The topological polar surface area (TPSA) is 97.5 Å². The van der Waals surface area contributed by atoms with Gasteiger partial charge >= 0.3 is 0 Å². The van der Waals surface area contributed by atoms with E-state index in [1.807, 2.05) is 18.7 Å². The Labute approximate surface area is 128 Å². The molecule has 0 spiro atoms. The lowest BCUT2D eigenvalue weighted by atomic mass is 10.3. The monoisotopic (exact) mass is 314 g/mol. The minimum absolute atomic E-state index is 0.00788. The van der Waals surface area contributed by atoms with Crippen LogP contribution in [0.25, 0.3) is 0 Å². The summed E-state index contributed by atoms with van der Waals surface area (Å²) in [4.78, 5) is 27.5. The van der Waals surface area contributed by atoms with Crippen LogP contribution in [0, 0.1) is 0 Å². The molecule has 1 saturated heterocycles. The number of halogens is 1. The molecule has 0 bridgehead atoms. The van der Waals surface area contributed by atoms with Gasteiger partial charge in [0.25, 0.3) is 0 Å². The molecule has 1 aliphatic heterocycles. The van der Waals surface area contributed by atoms with Gasteiger partial charge in [0, 0.05) is 19.1 Å². The number of ether oxygens (including phenoxy) is 1. The van der Waals surface area contributed by atoms with Crippen LogP contribution in [0.2, 0.25) is 5.28 Å². The third-order valence-electron chi connectivity index (χ3n) is 3.08. The van der Waals surface area contributed by atoms with Crippen molar-refractivity contribution in [3.05, 3.63) is 5.28 Å². The highest BCUT2D eigenvalue weighted by atomic mass is 35.5. The summed E-state index contributed by atoms with van der Waals surface area (Å²) in [6.45, 7) is 6.50. The molecule has 21 heavy (non-hydrogen) atoms. The van der Waals surface area contributed by atoms with Crippen LogP contribution in [0.1, 0.15) is 13.8 Å². The van der Waals surface area contributed by atoms with Crippen LogP contribution in [0.3, 0.4) is 0 Å². The van der Waals surface area contributed by atoms with E-state index in [4.69, 9.17) is 22.1 Å². The first-order valence-electron chi connectivity index (χ1n) is 6.76. The quantitative estimate of drug-likeness (QED) is 0.820. The van der Waals surface area contributed by atoms with Gasteiger partial charge in [-0.05, 0) is 25.4 Å². The van der Waals surface area contributed by atoms with Gasteiger partial charge in [0.1, 0.15) is 0 Å². The first-order valence-corrected chi connectivity index (χ1v) is 7.14. The highest BCUT2D eigenvalue weighted by molar-refractivity contribution is 6.28. The minimum Gasteiger partial charge on any atom is -0.378 e. The molecule has 1 aromatic heterocycles. The summed E-state index contributed by atoms with van der Waals surface area (Å²) in [5, 5.41) is 0.0941. The molecule has 0 unspecified atom stereocenters. The molecule has 0 aromatic carbocycles. The van der Waals surface area contributed by atoms with E-state index in [2.05, 4.69) is 15.0 Å². The zero-order valence-corrected chi connectivity index (χ0v) is 12.9. The predicted octanol–water partition coefficient (Wildman–Crippen LogP) is 0.0617. The average Bonchev–Trinajstić information content (AvgIpc) is 2.44. The molecule has 9 heteroatoms. The average molecular weight is 315 g/mol. The Balaban J connectivity index is 2.29. The van der Waals surface area contributed by atoms with Gasteiger partial charge in [0.2, 0.25) is 23.1 Å². The highest BCUT2D eigenvalue weighted by Gasteiger charge is 2.21. The van der Waals surface area contributed by atoms with E-state index in [0.29, 0.717) is 38.2 Å². The Bertz CT molecular complexity index is 507. The van der Waals surface area contributed by atoms with Crippen molar-refractivity contribution in [3.8, 4) is 0 Å². The molecule has 0 aliphatic carbocycles. The van der Waals surface area contributed by atoms with E-state index in [0.717, 1.165) is 0 Å². The smallest absolute Gasteiger partial charge is 0.237 e. The molecular weight excluding hydrogens is 296 g/mol. The number of aromatic nitrogens is 3. The first-order chi connectivity index (χ1) is 9.97. The van der Waals surface area contributed by atoms with Crippen molar-refractivity contribution in [3.63, 3.8) is 0 Å². The van der Waals surface area contributed by atoms with Crippen molar-refractivity contribution in [1.29, 1.82) is 0 Å².